The van der Waals surface area contributed by atoms with E-state index < -0.39 is 91.5 Å². The van der Waals surface area contributed by atoms with Crippen LogP contribution in [0.5, 0.6) is 0 Å². The first kappa shape index (κ1) is 96.4. The average molecular weight is 1460 g/mol. The van der Waals surface area contributed by atoms with Crippen LogP contribution in [0.3, 0.4) is 0 Å². The van der Waals surface area contributed by atoms with E-state index in [1.54, 1.807) is 0 Å². The van der Waals surface area contributed by atoms with Crippen molar-refractivity contribution in [2.45, 2.75) is 322 Å². The van der Waals surface area contributed by atoms with Crippen LogP contribution in [-0.2, 0) is 55.8 Å². The van der Waals surface area contributed by atoms with Gasteiger partial charge in [0.2, 0.25) is 0 Å². The topological polar surface area (TPSA) is 231 Å². The monoisotopic (exact) mass is 1450 g/mol. The van der Waals surface area contributed by atoms with Crippen LogP contribution in [0.15, 0.2) is 146 Å². The van der Waals surface area contributed by atoms with Crippen LogP contribution in [-0.4, -0.2) is 95.9 Å². The Morgan fingerprint density at radius 2 is 0.525 bits per heavy atom. The summed E-state index contributed by atoms with van der Waals surface area (Å²) in [7, 11) is -9.81. The van der Waals surface area contributed by atoms with Gasteiger partial charge in [0.15, 0.2) is 6.10 Å². The van der Waals surface area contributed by atoms with Gasteiger partial charge in [-0.05, 0) is 141 Å². The van der Waals surface area contributed by atoms with Crippen LogP contribution < -0.4 is 0 Å². The molecule has 578 valence electrons. The van der Waals surface area contributed by atoms with E-state index >= 15 is 0 Å². The molecule has 0 aliphatic heterocycles. The van der Waals surface area contributed by atoms with E-state index in [0.29, 0.717) is 19.3 Å². The van der Waals surface area contributed by atoms with Crippen LogP contribution in [0.4, 0.5) is 0 Å². The molecule has 0 saturated heterocycles. The predicted molar refractivity (Wildman–Crippen MR) is 417 cm³/mol. The molecule has 0 aromatic carbocycles. The van der Waals surface area contributed by atoms with Crippen LogP contribution in [0.1, 0.15) is 303 Å². The number of allylic oxidation sites excluding steroid dienone is 24. The Hall–Kier alpha value is -4.57. The predicted octanol–water partition coefficient (Wildman–Crippen LogP) is 22.9. The molecule has 0 aliphatic rings. The van der Waals surface area contributed by atoms with Crippen molar-refractivity contribution in [3.63, 3.8) is 0 Å². The third kappa shape index (κ3) is 76.4. The summed E-state index contributed by atoms with van der Waals surface area (Å²) in [4.78, 5) is 58.7. The molecular weight excluding hydrogens is 1310 g/mol. The van der Waals surface area contributed by atoms with Crippen molar-refractivity contribution in [1.82, 2.24) is 0 Å². The highest BCUT2D eigenvalue weighted by Crippen LogP contribution is 2.45. The number of hydrogen-bond acceptors (Lipinski definition) is 14. The molecule has 0 heterocycles. The van der Waals surface area contributed by atoms with Crippen LogP contribution in [0.2, 0.25) is 0 Å². The molecule has 101 heavy (non-hydrogen) atoms. The average Bonchev–Trinajstić information content (AvgIpc) is 1.17. The second-order valence-electron chi connectivity index (χ2n) is 25.7. The van der Waals surface area contributed by atoms with E-state index in [2.05, 4.69) is 167 Å². The van der Waals surface area contributed by atoms with Gasteiger partial charge in [-0.3, -0.25) is 32.5 Å². The molecule has 0 amide bonds. The first-order valence-electron chi connectivity index (χ1n) is 39.1. The Bertz CT molecular complexity index is 2420. The number of phosphoric acid groups is 2. The van der Waals surface area contributed by atoms with E-state index in [0.717, 1.165) is 173 Å². The first-order valence-corrected chi connectivity index (χ1v) is 42.1. The summed E-state index contributed by atoms with van der Waals surface area (Å²) in [6.07, 6.45) is 91.7. The fourth-order valence-electron chi connectivity index (χ4n) is 10.1. The maximum Gasteiger partial charge on any atom is 0.472 e. The summed E-state index contributed by atoms with van der Waals surface area (Å²) in [5.41, 5.74) is 0. The number of carbonyl (C=O) groups excluding carboxylic acids is 3. The van der Waals surface area contributed by atoms with Gasteiger partial charge in [0.05, 0.1) is 26.4 Å². The number of hydrogen-bond donors (Lipinski definition) is 4. The van der Waals surface area contributed by atoms with Crippen molar-refractivity contribution in [2.24, 2.45) is 0 Å². The number of esters is 3. The third-order valence-electron chi connectivity index (χ3n) is 16.0. The van der Waals surface area contributed by atoms with Crippen molar-refractivity contribution in [3.05, 3.63) is 146 Å². The summed E-state index contributed by atoms with van der Waals surface area (Å²) >= 11 is 0. The molecular formula is C83H140O16P2. The Kier molecular flexibility index (Phi) is 71.7. The molecule has 0 bridgehead atoms. The molecule has 5 unspecified atom stereocenters. The normalized spacial score (nSPS) is 14.8. The molecule has 5 atom stereocenters. The number of carbonyl (C=O) groups is 3. The van der Waals surface area contributed by atoms with Gasteiger partial charge in [-0.25, -0.2) is 9.13 Å². The number of unbranched alkanes of at least 4 members (excludes halogenated alkanes) is 26. The molecule has 0 rings (SSSR count). The Morgan fingerprint density at radius 3 is 0.832 bits per heavy atom. The van der Waals surface area contributed by atoms with E-state index in [9.17, 15) is 43.5 Å². The lowest BCUT2D eigenvalue weighted by atomic mass is 10.0. The number of aliphatic hydroxyl groups excluding tert-OH is 2. The van der Waals surface area contributed by atoms with Gasteiger partial charge in [0.25, 0.3) is 0 Å². The summed E-state index contributed by atoms with van der Waals surface area (Å²) < 4.78 is 61.1. The number of phosphoric ester groups is 2. The zero-order valence-corrected chi connectivity index (χ0v) is 64.8. The highest BCUT2D eigenvalue weighted by atomic mass is 31.2. The molecule has 16 nitrogen and oxygen atoms in total. The van der Waals surface area contributed by atoms with E-state index in [4.69, 9.17) is 32.3 Å². The summed E-state index contributed by atoms with van der Waals surface area (Å²) in [6.45, 7) is 2.39. The minimum atomic E-state index is -4.94. The van der Waals surface area contributed by atoms with E-state index in [1.165, 1.54) is 70.6 Å². The van der Waals surface area contributed by atoms with Gasteiger partial charge < -0.3 is 34.2 Å². The summed E-state index contributed by atoms with van der Waals surface area (Å²) in [5, 5.41) is 20.6. The van der Waals surface area contributed by atoms with Crippen LogP contribution >= 0.6 is 15.6 Å². The van der Waals surface area contributed by atoms with Gasteiger partial charge in [-0.1, -0.05) is 289 Å². The molecule has 0 radical (unpaired) electrons. The molecule has 0 fully saturated rings. The molecule has 0 aliphatic carbocycles. The third-order valence-corrected chi connectivity index (χ3v) is 17.9. The number of aliphatic hydroxyl groups is 2. The Balaban J connectivity index is 4.63. The summed E-state index contributed by atoms with van der Waals surface area (Å²) in [5.74, 6) is -1.61. The highest BCUT2D eigenvalue weighted by Gasteiger charge is 2.29. The van der Waals surface area contributed by atoms with Crippen molar-refractivity contribution < 1.29 is 75.8 Å². The van der Waals surface area contributed by atoms with E-state index in [1.807, 2.05) is 0 Å². The molecule has 0 spiro atoms. The number of rotatable bonds is 73. The van der Waals surface area contributed by atoms with Crippen LogP contribution in [0, 0.1) is 0 Å². The fraction of sp³-hybridized carbons (Fsp3) is 0.675. The van der Waals surface area contributed by atoms with Crippen LogP contribution in [0.25, 0.3) is 0 Å². The molecule has 0 aromatic rings. The number of ether oxygens (including phenoxy) is 3. The highest BCUT2D eigenvalue weighted by molar-refractivity contribution is 7.47. The lowest BCUT2D eigenvalue weighted by molar-refractivity contribution is -0.161. The van der Waals surface area contributed by atoms with Gasteiger partial charge in [-0.15, -0.1) is 0 Å². The minimum Gasteiger partial charge on any atom is -0.463 e. The quantitative estimate of drug-likeness (QED) is 0.0146. The lowest BCUT2D eigenvalue weighted by Crippen LogP contribution is -2.30. The Morgan fingerprint density at radius 1 is 0.287 bits per heavy atom. The smallest absolute Gasteiger partial charge is 0.463 e. The second kappa shape index (κ2) is 75.1. The second-order valence-corrected chi connectivity index (χ2v) is 28.7. The Labute approximate surface area is 613 Å². The maximum atomic E-state index is 13.0. The van der Waals surface area contributed by atoms with E-state index in [-0.39, 0.29) is 19.3 Å². The van der Waals surface area contributed by atoms with Gasteiger partial charge >= 0.3 is 33.6 Å². The molecule has 0 aromatic heterocycles. The summed E-state index contributed by atoms with van der Waals surface area (Å²) in [6, 6.07) is 0. The zero-order chi connectivity index (χ0) is 73.7. The van der Waals surface area contributed by atoms with Crippen molar-refractivity contribution in [3.8, 4) is 0 Å². The van der Waals surface area contributed by atoms with Gasteiger partial charge in [0, 0.05) is 19.3 Å². The van der Waals surface area contributed by atoms with Crippen molar-refractivity contribution >= 4 is 33.6 Å². The molecule has 4 N–H and O–H groups in total. The minimum absolute atomic E-state index is 0.0804. The van der Waals surface area contributed by atoms with Crippen molar-refractivity contribution in [2.75, 3.05) is 39.6 Å². The van der Waals surface area contributed by atoms with Gasteiger partial charge in [0.1, 0.15) is 25.4 Å². The fourth-order valence-corrected chi connectivity index (χ4v) is 11.7. The molecule has 0 saturated carbocycles. The maximum absolute atomic E-state index is 13.0. The zero-order valence-electron chi connectivity index (χ0n) is 63.0. The SMILES string of the molecule is CC/C=C\C/C=C\C/C=C\C/C=C\CCCCCCCCC(=O)OCC(COP(=O)(O)OCC(O)COP(=O)(O)OCC(O)COC(=O)CCCCCCCCCCCCC/C=C\C/C=C\C/C=C\C/C=C\CCCCC)OC(=O)CCCCCCCC/C=C\C/C=C\C/C=C\C/C=C\CC. The molecule has 18 heteroatoms. The van der Waals surface area contributed by atoms with Gasteiger partial charge in [-0.2, -0.15) is 0 Å². The van der Waals surface area contributed by atoms with Crippen molar-refractivity contribution in [1.29, 1.82) is 0 Å². The standard InChI is InChI=1S/C83H140O16P2/c1-4-7-10-13-16-19-22-25-28-31-34-35-36-37-38-39-40-41-44-46-48-51-54-57-60-63-66-69-81(86)93-72-78(84)73-95-100(89,90)96-74-79(85)75-97-101(91,92)98-77-80(99-83(88)71-68-65-62-59-56-53-50-47-43-33-30-27-24-21-18-15-12-9-6-3)76-94-82(87)70-67-64-61-58-55-52-49-45-42-32-29-26-23-20-17-14-11-8-5-2/h8-9,11-12,16-21,25-30,34-35,37-38,42-43,45,47,78-80,84-85H,4-7,10,13-15,22-24,31-33,36,39-41,44,46,48-77H2,1-3H3,(H,89,90)(H,91,92)/b11-8-,12-9-,19-16-,20-17-,21-18-,28-25-,29-26-,30-27-,35-34-,38-37-,45-42-,47-43-. The largest absolute Gasteiger partial charge is 0.472 e. The first-order chi connectivity index (χ1) is 49.2. The lowest BCUT2D eigenvalue weighted by Gasteiger charge is -2.21.